The van der Waals surface area contributed by atoms with Crippen molar-refractivity contribution < 1.29 is 19.5 Å². The molecule has 5 nitrogen and oxygen atoms in total. The molecule has 0 aliphatic carbocycles. The van der Waals surface area contributed by atoms with Gasteiger partial charge in [0.1, 0.15) is 11.6 Å². The number of carbonyl (C=O) groups is 3. The Kier molecular flexibility index (Phi) is 7.64. The Morgan fingerprint density at radius 2 is 1.60 bits per heavy atom. The van der Waals surface area contributed by atoms with Crippen LogP contribution in [0.15, 0.2) is 0 Å². The summed E-state index contributed by atoms with van der Waals surface area (Å²) in [5, 5.41) is 11.8. The van der Waals surface area contributed by atoms with Crippen LogP contribution in [0.5, 0.6) is 0 Å². The van der Waals surface area contributed by atoms with Gasteiger partial charge in [-0.05, 0) is 6.42 Å². The Labute approximate surface area is 121 Å². The Balaban J connectivity index is 4.47. The standard InChI is InChI=1S/C15H27NO4/c1-10(2)16-11(6-9-14(19)20)12(17)7-8-13(18)15(3,4)5/h10-11,16H,6-9H2,1-5H3,(H,19,20)/t11-/m0/s1. The normalized spacial score (nSPS) is 13.3. The third-order valence-electron chi connectivity index (χ3n) is 3.01. The monoisotopic (exact) mass is 285 g/mol. The van der Waals surface area contributed by atoms with Crippen LogP contribution in [0.25, 0.3) is 0 Å². The largest absolute Gasteiger partial charge is 0.481 e. The maximum atomic E-state index is 12.1. The van der Waals surface area contributed by atoms with Gasteiger partial charge in [0.15, 0.2) is 0 Å². The van der Waals surface area contributed by atoms with Crippen LogP contribution in [-0.2, 0) is 14.4 Å². The first-order chi connectivity index (χ1) is 9.04. The average molecular weight is 285 g/mol. The molecule has 0 heterocycles. The minimum Gasteiger partial charge on any atom is -0.481 e. The molecule has 5 heteroatoms. The van der Waals surface area contributed by atoms with Gasteiger partial charge in [-0.15, -0.1) is 0 Å². The fourth-order valence-corrected chi connectivity index (χ4v) is 1.79. The molecule has 0 rings (SSSR count). The third kappa shape index (κ3) is 8.04. The molecule has 0 saturated heterocycles. The van der Waals surface area contributed by atoms with Crippen molar-refractivity contribution in [2.75, 3.05) is 0 Å². The molecule has 0 fully saturated rings. The number of carboxylic acid groups (broad SMARTS) is 1. The van der Waals surface area contributed by atoms with Crippen molar-refractivity contribution in [3.63, 3.8) is 0 Å². The smallest absolute Gasteiger partial charge is 0.303 e. The van der Waals surface area contributed by atoms with Crippen LogP contribution in [0.2, 0.25) is 0 Å². The lowest BCUT2D eigenvalue weighted by Crippen LogP contribution is -2.41. The zero-order valence-electron chi connectivity index (χ0n) is 13.2. The van der Waals surface area contributed by atoms with Crippen LogP contribution >= 0.6 is 0 Å². The first kappa shape index (κ1) is 18.8. The molecule has 0 bridgehead atoms. The number of hydrogen-bond donors (Lipinski definition) is 2. The zero-order chi connectivity index (χ0) is 15.9. The highest BCUT2D eigenvalue weighted by Crippen LogP contribution is 2.18. The molecule has 0 spiro atoms. The molecule has 0 aromatic carbocycles. The van der Waals surface area contributed by atoms with Crippen molar-refractivity contribution in [1.29, 1.82) is 0 Å². The quantitative estimate of drug-likeness (QED) is 0.678. The topological polar surface area (TPSA) is 83.5 Å². The van der Waals surface area contributed by atoms with E-state index in [1.165, 1.54) is 0 Å². The lowest BCUT2D eigenvalue weighted by atomic mass is 9.87. The van der Waals surface area contributed by atoms with Gasteiger partial charge in [-0.2, -0.15) is 0 Å². The lowest BCUT2D eigenvalue weighted by Gasteiger charge is -2.21. The second kappa shape index (κ2) is 8.15. The van der Waals surface area contributed by atoms with Crippen molar-refractivity contribution in [2.24, 2.45) is 5.41 Å². The summed E-state index contributed by atoms with van der Waals surface area (Å²) >= 11 is 0. The Morgan fingerprint density at radius 1 is 1.05 bits per heavy atom. The summed E-state index contributed by atoms with van der Waals surface area (Å²) in [7, 11) is 0. The summed E-state index contributed by atoms with van der Waals surface area (Å²) < 4.78 is 0. The fraction of sp³-hybridized carbons (Fsp3) is 0.800. The minimum absolute atomic E-state index is 0.0485. The summed E-state index contributed by atoms with van der Waals surface area (Å²) in [5.41, 5.74) is -0.442. The molecule has 116 valence electrons. The lowest BCUT2D eigenvalue weighted by molar-refractivity contribution is -0.137. The van der Waals surface area contributed by atoms with Gasteiger partial charge in [-0.25, -0.2) is 0 Å². The predicted molar refractivity (Wildman–Crippen MR) is 77.6 cm³/mol. The zero-order valence-corrected chi connectivity index (χ0v) is 13.2. The van der Waals surface area contributed by atoms with E-state index in [1.54, 1.807) is 0 Å². The number of aliphatic carboxylic acids is 1. The second-order valence-corrected chi connectivity index (χ2v) is 6.45. The average Bonchev–Trinajstić information content (AvgIpc) is 2.28. The number of rotatable bonds is 9. The second-order valence-electron chi connectivity index (χ2n) is 6.45. The molecular formula is C15H27NO4. The molecule has 0 amide bonds. The molecule has 0 unspecified atom stereocenters. The van der Waals surface area contributed by atoms with Gasteiger partial charge >= 0.3 is 5.97 Å². The van der Waals surface area contributed by atoms with Crippen LogP contribution in [0.1, 0.15) is 60.3 Å². The van der Waals surface area contributed by atoms with E-state index < -0.39 is 17.4 Å². The van der Waals surface area contributed by atoms with Crippen molar-refractivity contribution in [1.82, 2.24) is 5.32 Å². The summed E-state index contributed by atoms with van der Waals surface area (Å²) in [6.07, 6.45) is 0.588. The number of Topliss-reactive ketones (excluding diaryl/α,β-unsaturated/α-hetero) is 2. The first-order valence-electron chi connectivity index (χ1n) is 7.08. The SMILES string of the molecule is CC(C)N[C@@H](CCC(=O)O)C(=O)CCC(=O)C(C)(C)C. The van der Waals surface area contributed by atoms with Crippen LogP contribution in [0, 0.1) is 5.41 Å². The van der Waals surface area contributed by atoms with Crippen molar-refractivity contribution in [3.05, 3.63) is 0 Å². The van der Waals surface area contributed by atoms with Crippen LogP contribution in [0.3, 0.4) is 0 Å². The Hall–Kier alpha value is -1.23. The molecule has 0 radical (unpaired) electrons. The molecule has 0 aromatic rings. The molecule has 20 heavy (non-hydrogen) atoms. The Morgan fingerprint density at radius 3 is 2.00 bits per heavy atom. The number of hydrogen-bond acceptors (Lipinski definition) is 4. The first-order valence-corrected chi connectivity index (χ1v) is 7.08. The van der Waals surface area contributed by atoms with Crippen molar-refractivity contribution in [3.8, 4) is 0 Å². The Bertz CT molecular complexity index is 355. The van der Waals surface area contributed by atoms with Gasteiger partial charge in [-0.3, -0.25) is 14.4 Å². The number of nitrogens with one attached hydrogen (secondary N) is 1. The maximum absolute atomic E-state index is 12.1. The van der Waals surface area contributed by atoms with E-state index in [9.17, 15) is 14.4 Å². The van der Waals surface area contributed by atoms with E-state index >= 15 is 0 Å². The van der Waals surface area contributed by atoms with E-state index in [0.29, 0.717) is 0 Å². The number of carbonyl (C=O) groups excluding carboxylic acids is 2. The highest BCUT2D eigenvalue weighted by Gasteiger charge is 2.24. The summed E-state index contributed by atoms with van der Waals surface area (Å²) in [6.45, 7) is 9.29. The van der Waals surface area contributed by atoms with Gasteiger partial charge in [-0.1, -0.05) is 34.6 Å². The highest BCUT2D eigenvalue weighted by atomic mass is 16.4. The molecular weight excluding hydrogens is 258 g/mol. The molecule has 0 aliphatic heterocycles. The summed E-state index contributed by atoms with van der Waals surface area (Å²) in [5.74, 6) is -0.955. The highest BCUT2D eigenvalue weighted by molar-refractivity contribution is 5.91. The van der Waals surface area contributed by atoms with E-state index in [2.05, 4.69) is 5.32 Å². The van der Waals surface area contributed by atoms with Gasteiger partial charge < -0.3 is 10.4 Å². The van der Waals surface area contributed by atoms with Gasteiger partial charge in [0.25, 0.3) is 0 Å². The molecule has 0 saturated carbocycles. The van der Waals surface area contributed by atoms with Crippen molar-refractivity contribution >= 4 is 17.5 Å². The predicted octanol–water partition coefficient (Wildman–Crippen LogP) is 2.18. The van der Waals surface area contributed by atoms with Gasteiger partial charge in [0, 0.05) is 30.7 Å². The third-order valence-corrected chi connectivity index (χ3v) is 3.01. The molecule has 0 aromatic heterocycles. The summed E-state index contributed by atoms with van der Waals surface area (Å²) in [6, 6.07) is -0.394. The molecule has 2 N–H and O–H groups in total. The minimum atomic E-state index is -0.917. The molecule has 0 aliphatic rings. The van der Waals surface area contributed by atoms with E-state index in [-0.39, 0.29) is 43.3 Å². The van der Waals surface area contributed by atoms with Crippen molar-refractivity contribution in [2.45, 2.75) is 72.4 Å². The maximum Gasteiger partial charge on any atom is 0.303 e. The van der Waals surface area contributed by atoms with Gasteiger partial charge in [0.2, 0.25) is 0 Å². The van der Waals surface area contributed by atoms with Gasteiger partial charge in [0.05, 0.1) is 6.04 Å². The van der Waals surface area contributed by atoms with E-state index in [0.717, 1.165) is 0 Å². The van der Waals surface area contributed by atoms with Crippen LogP contribution < -0.4 is 5.32 Å². The van der Waals surface area contributed by atoms with Crippen LogP contribution in [0.4, 0.5) is 0 Å². The summed E-state index contributed by atoms with van der Waals surface area (Å²) in [4.78, 5) is 34.5. The van der Waals surface area contributed by atoms with E-state index in [4.69, 9.17) is 5.11 Å². The van der Waals surface area contributed by atoms with E-state index in [1.807, 2.05) is 34.6 Å². The number of carboxylic acids is 1. The molecule has 1 atom stereocenters. The fourth-order valence-electron chi connectivity index (χ4n) is 1.79. The number of ketones is 2. The van der Waals surface area contributed by atoms with Crippen LogP contribution in [-0.4, -0.2) is 34.7 Å².